The van der Waals surface area contributed by atoms with E-state index in [9.17, 15) is 0 Å². The first-order valence-electron chi connectivity index (χ1n) is 4.77. The van der Waals surface area contributed by atoms with Gasteiger partial charge in [0.15, 0.2) is 0 Å². The highest BCUT2D eigenvalue weighted by molar-refractivity contribution is 7.99. The van der Waals surface area contributed by atoms with Gasteiger partial charge in [0, 0.05) is 11.8 Å². The zero-order valence-electron chi connectivity index (χ0n) is 8.49. The van der Waals surface area contributed by atoms with E-state index >= 15 is 0 Å². The molecule has 3 nitrogen and oxygen atoms in total. The summed E-state index contributed by atoms with van der Waals surface area (Å²) >= 11 is 1.69. The van der Waals surface area contributed by atoms with Crippen molar-refractivity contribution in [1.29, 1.82) is 0 Å². The van der Waals surface area contributed by atoms with Crippen LogP contribution in [0.1, 0.15) is 20.3 Å². The van der Waals surface area contributed by atoms with Crippen LogP contribution >= 0.6 is 11.8 Å². The first kappa shape index (κ1) is 13.2. The summed E-state index contributed by atoms with van der Waals surface area (Å²) in [5.41, 5.74) is 0. The molecule has 0 spiro atoms. The van der Waals surface area contributed by atoms with Crippen LogP contribution in [0.25, 0.3) is 0 Å². The minimum Gasteiger partial charge on any atom is -0.394 e. The maximum Gasteiger partial charge on any atom is 0.0861 e. The van der Waals surface area contributed by atoms with Gasteiger partial charge in [0.1, 0.15) is 0 Å². The molecule has 0 radical (unpaired) electrons. The van der Waals surface area contributed by atoms with E-state index in [1.165, 1.54) is 0 Å². The Morgan fingerprint density at radius 2 is 2.08 bits per heavy atom. The number of aliphatic hydroxyl groups excluding tert-OH is 2. The van der Waals surface area contributed by atoms with Crippen LogP contribution in [0.3, 0.4) is 0 Å². The molecule has 0 amide bonds. The summed E-state index contributed by atoms with van der Waals surface area (Å²) in [5, 5.41) is 20.9. The summed E-state index contributed by atoms with van der Waals surface area (Å²) < 4.78 is 0. The third-order valence-corrected chi connectivity index (χ3v) is 2.74. The molecule has 0 aliphatic carbocycles. The molecule has 0 bridgehead atoms. The average Bonchev–Trinajstić information content (AvgIpc) is 2.10. The molecule has 3 N–H and O–H groups in total. The molecule has 0 heterocycles. The number of hydrogen-bond acceptors (Lipinski definition) is 4. The van der Waals surface area contributed by atoms with Crippen LogP contribution in [0.15, 0.2) is 0 Å². The molecule has 13 heavy (non-hydrogen) atoms. The first-order valence-corrected chi connectivity index (χ1v) is 5.92. The quantitative estimate of drug-likeness (QED) is 0.506. The van der Waals surface area contributed by atoms with Crippen LogP contribution in [-0.4, -0.2) is 47.0 Å². The van der Waals surface area contributed by atoms with Crippen LogP contribution in [0.5, 0.6) is 0 Å². The highest BCUT2D eigenvalue weighted by atomic mass is 32.2. The van der Waals surface area contributed by atoms with Gasteiger partial charge < -0.3 is 15.5 Å². The van der Waals surface area contributed by atoms with Crippen LogP contribution < -0.4 is 5.32 Å². The van der Waals surface area contributed by atoms with E-state index in [0.29, 0.717) is 11.8 Å². The third kappa shape index (κ3) is 10.1. The first-order chi connectivity index (χ1) is 6.16. The van der Waals surface area contributed by atoms with Gasteiger partial charge in [0.2, 0.25) is 0 Å². The van der Waals surface area contributed by atoms with Crippen LogP contribution in [0, 0.1) is 0 Å². The largest absolute Gasteiger partial charge is 0.394 e. The Labute approximate surface area is 84.9 Å². The smallest absolute Gasteiger partial charge is 0.0861 e. The van der Waals surface area contributed by atoms with Gasteiger partial charge in [0.05, 0.1) is 12.7 Å². The van der Waals surface area contributed by atoms with Gasteiger partial charge in [-0.1, -0.05) is 13.8 Å². The van der Waals surface area contributed by atoms with Gasteiger partial charge in [0.25, 0.3) is 0 Å². The zero-order chi connectivity index (χ0) is 10.1. The van der Waals surface area contributed by atoms with Crippen molar-refractivity contribution in [2.45, 2.75) is 32.4 Å². The van der Waals surface area contributed by atoms with Crippen molar-refractivity contribution in [3.8, 4) is 0 Å². The second-order valence-corrected chi connectivity index (χ2v) is 4.52. The fourth-order valence-corrected chi connectivity index (χ4v) is 1.73. The van der Waals surface area contributed by atoms with Gasteiger partial charge in [-0.3, -0.25) is 0 Å². The van der Waals surface area contributed by atoms with Crippen molar-refractivity contribution in [3.05, 3.63) is 0 Å². The SMILES string of the molecule is CC(C)NCCCSCC(O)CO. The lowest BCUT2D eigenvalue weighted by Crippen LogP contribution is -2.24. The van der Waals surface area contributed by atoms with E-state index in [2.05, 4.69) is 19.2 Å². The summed E-state index contributed by atoms with van der Waals surface area (Å²) in [6.07, 6.45) is 0.559. The molecule has 4 heteroatoms. The molecule has 0 aromatic heterocycles. The Morgan fingerprint density at radius 1 is 1.38 bits per heavy atom. The number of nitrogens with one attached hydrogen (secondary N) is 1. The number of rotatable bonds is 8. The lowest BCUT2D eigenvalue weighted by atomic mass is 10.4. The topological polar surface area (TPSA) is 52.5 Å². The Hall–Kier alpha value is 0.230. The second-order valence-electron chi connectivity index (χ2n) is 3.37. The van der Waals surface area contributed by atoms with E-state index in [4.69, 9.17) is 10.2 Å². The van der Waals surface area contributed by atoms with E-state index in [1.807, 2.05) is 0 Å². The maximum atomic E-state index is 9.02. The molecule has 0 fully saturated rings. The average molecular weight is 207 g/mol. The highest BCUT2D eigenvalue weighted by Crippen LogP contribution is 2.04. The minimum atomic E-state index is -0.553. The minimum absolute atomic E-state index is 0.128. The van der Waals surface area contributed by atoms with Crippen molar-refractivity contribution in [3.63, 3.8) is 0 Å². The van der Waals surface area contributed by atoms with Crippen molar-refractivity contribution >= 4 is 11.8 Å². The van der Waals surface area contributed by atoms with E-state index in [-0.39, 0.29) is 6.61 Å². The summed E-state index contributed by atoms with van der Waals surface area (Å²) in [4.78, 5) is 0. The molecular formula is C9H21NO2S. The fraction of sp³-hybridized carbons (Fsp3) is 1.00. The highest BCUT2D eigenvalue weighted by Gasteiger charge is 2.00. The molecule has 0 aliphatic heterocycles. The normalized spacial score (nSPS) is 13.6. The lowest BCUT2D eigenvalue weighted by Gasteiger charge is -2.08. The zero-order valence-corrected chi connectivity index (χ0v) is 9.31. The van der Waals surface area contributed by atoms with Crippen molar-refractivity contribution in [2.24, 2.45) is 0 Å². The Kier molecular flexibility index (Phi) is 8.97. The third-order valence-electron chi connectivity index (χ3n) is 1.54. The van der Waals surface area contributed by atoms with E-state index < -0.39 is 6.10 Å². The van der Waals surface area contributed by atoms with Gasteiger partial charge in [-0.25, -0.2) is 0 Å². The molecule has 0 saturated heterocycles. The van der Waals surface area contributed by atoms with Crippen LogP contribution in [0.4, 0.5) is 0 Å². The molecule has 0 saturated carbocycles. The molecule has 0 aliphatic rings. The molecule has 0 aromatic rings. The molecule has 1 unspecified atom stereocenters. The van der Waals surface area contributed by atoms with Gasteiger partial charge in [-0.05, 0) is 18.7 Å². The summed E-state index contributed by atoms with van der Waals surface area (Å²) in [5.74, 6) is 1.68. The van der Waals surface area contributed by atoms with Crippen LogP contribution in [0.2, 0.25) is 0 Å². The summed E-state index contributed by atoms with van der Waals surface area (Å²) in [6.45, 7) is 5.16. The van der Waals surface area contributed by atoms with Crippen molar-refractivity contribution in [1.82, 2.24) is 5.32 Å². The van der Waals surface area contributed by atoms with E-state index in [1.54, 1.807) is 11.8 Å². The predicted molar refractivity (Wildman–Crippen MR) is 58.2 cm³/mol. The molecule has 0 aromatic carbocycles. The summed E-state index contributed by atoms with van der Waals surface area (Å²) in [7, 11) is 0. The summed E-state index contributed by atoms with van der Waals surface area (Å²) in [6, 6.07) is 0.549. The Bertz CT molecular complexity index is 112. The molecule has 80 valence electrons. The predicted octanol–water partition coefficient (Wildman–Crippen LogP) is 0.461. The Morgan fingerprint density at radius 3 is 2.62 bits per heavy atom. The fourth-order valence-electron chi connectivity index (χ4n) is 0.837. The number of aliphatic hydroxyl groups is 2. The Balaban J connectivity index is 2.99. The van der Waals surface area contributed by atoms with Gasteiger partial charge >= 0.3 is 0 Å². The number of thioether (sulfide) groups is 1. The monoisotopic (exact) mass is 207 g/mol. The molecular weight excluding hydrogens is 186 g/mol. The standard InChI is InChI=1S/C9H21NO2S/c1-8(2)10-4-3-5-13-7-9(12)6-11/h8-12H,3-7H2,1-2H3. The molecule has 0 rings (SSSR count). The van der Waals surface area contributed by atoms with Gasteiger partial charge in [-0.15, -0.1) is 0 Å². The van der Waals surface area contributed by atoms with Crippen molar-refractivity contribution in [2.75, 3.05) is 24.7 Å². The second kappa shape index (κ2) is 8.81. The van der Waals surface area contributed by atoms with Crippen LogP contribution in [-0.2, 0) is 0 Å². The number of hydrogen-bond donors (Lipinski definition) is 3. The maximum absolute atomic E-state index is 9.02. The van der Waals surface area contributed by atoms with Gasteiger partial charge in [-0.2, -0.15) is 11.8 Å². The molecule has 1 atom stereocenters. The van der Waals surface area contributed by atoms with Crippen molar-refractivity contribution < 1.29 is 10.2 Å². The van der Waals surface area contributed by atoms with E-state index in [0.717, 1.165) is 18.7 Å². The lowest BCUT2D eigenvalue weighted by molar-refractivity contribution is 0.113.